The summed E-state index contributed by atoms with van der Waals surface area (Å²) < 4.78 is 6.92. The quantitative estimate of drug-likeness (QED) is 0.571. The molecule has 0 aliphatic carbocycles. The summed E-state index contributed by atoms with van der Waals surface area (Å²) in [6, 6.07) is 1.85. The highest BCUT2D eigenvalue weighted by atomic mass is 16.5. The van der Waals surface area contributed by atoms with Gasteiger partial charge < -0.3 is 9.30 Å². The zero-order chi connectivity index (χ0) is 8.72. The van der Waals surface area contributed by atoms with Gasteiger partial charge in [-0.15, -0.1) is 0 Å². The van der Waals surface area contributed by atoms with E-state index in [4.69, 9.17) is 4.74 Å². The Balaban J connectivity index is 2.71. The molecule has 12 heavy (non-hydrogen) atoms. The van der Waals surface area contributed by atoms with Crippen LogP contribution >= 0.6 is 0 Å². The third-order valence-electron chi connectivity index (χ3n) is 2.25. The second-order valence-electron chi connectivity index (χ2n) is 3.22. The van der Waals surface area contributed by atoms with Gasteiger partial charge >= 0.3 is 0 Å². The van der Waals surface area contributed by atoms with E-state index in [0.717, 1.165) is 11.3 Å². The first-order chi connectivity index (χ1) is 5.70. The summed E-state index contributed by atoms with van der Waals surface area (Å²) in [6.07, 6.45) is 1.74. The Kier molecular flexibility index (Phi) is 1.46. The Morgan fingerprint density at radius 1 is 1.67 bits per heavy atom. The van der Waals surface area contributed by atoms with Crippen molar-refractivity contribution < 1.29 is 4.74 Å². The minimum atomic E-state index is 0.0671. The molecule has 0 saturated heterocycles. The first-order valence-electron chi connectivity index (χ1n) is 4.02. The van der Waals surface area contributed by atoms with Gasteiger partial charge in [0.1, 0.15) is 5.75 Å². The van der Waals surface area contributed by atoms with E-state index < -0.39 is 0 Å². The molecule has 0 amide bonds. The van der Waals surface area contributed by atoms with Gasteiger partial charge in [-0.05, 0) is 6.07 Å². The number of hydrogen-bond acceptors (Lipinski definition) is 2. The summed E-state index contributed by atoms with van der Waals surface area (Å²) >= 11 is 0. The van der Waals surface area contributed by atoms with Crippen LogP contribution < -0.4 is 10.3 Å². The molecule has 0 fully saturated rings. The molecular formula is C9H11NO2. The van der Waals surface area contributed by atoms with Gasteiger partial charge in [-0.1, -0.05) is 6.92 Å². The highest BCUT2D eigenvalue weighted by molar-refractivity contribution is 5.36. The summed E-state index contributed by atoms with van der Waals surface area (Å²) in [6.45, 7) is 2.64. The minimum absolute atomic E-state index is 0.0671. The number of nitrogens with zero attached hydrogens (tertiary/aromatic N) is 1. The second-order valence-corrected chi connectivity index (χ2v) is 3.22. The van der Waals surface area contributed by atoms with Crippen LogP contribution in [0.5, 0.6) is 5.75 Å². The number of aryl methyl sites for hydroxylation is 1. The van der Waals surface area contributed by atoms with E-state index in [1.54, 1.807) is 17.8 Å². The summed E-state index contributed by atoms with van der Waals surface area (Å²) in [5.74, 6) is 0.991. The van der Waals surface area contributed by atoms with E-state index in [0.29, 0.717) is 6.61 Å². The molecule has 3 nitrogen and oxygen atoms in total. The van der Waals surface area contributed by atoms with Crippen LogP contribution in [0.4, 0.5) is 0 Å². The van der Waals surface area contributed by atoms with Crippen LogP contribution in [0.15, 0.2) is 17.1 Å². The molecule has 1 aliphatic rings. The van der Waals surface area contributed by atoms with Gasteiger partial charge in [-0.25, -0.2) is 0 Å². The molecule has 0 bridgehead atoms. The van der Waals surface area contributed by atoms with E-state index in [2.05, 4.69) is 0 Å². The van der Waals surface area contributed by atoms with Crippen LogP contribution in [0.1, 0.15) is 18.4 Å². The Labute approximate surface area is 70.6 Å². The van der Waals surface area contributed by atoms with Crippen molar-refractivity contribution in [2.75, 3.05) is 6.61 Å². The van der Waals surface area contributed by atoms with Crippen molar-refractivity contribution in [3.8, 4) is 5.75 Å². The molecule has 0 N–H and O–H groups in total. The van der Waals surface area contributed by atoms with Crippen molar-refractivity contribution in [3.05, 3.63) is 28.2 Å². The lowest BCUT2D eigenvalue weighted by Gasteiger charge is -2.01. The van der Waals surface area contributed by atoms with E-state index in [1.807, 2.05) is 13.0 Å². The molecule has 1 aromatic heterocycles. The molecule has 0 saturated carbocycles. The highest BCUT2D eigenvalue weighted by Gasteiger charge is 2.23. The number of rotatable bonds is 0. The standard InChI is InChI=1S/C9H11NO2/c1-6-5-12-7-3-4-10(2)9(11)8(6)7/h3-4,6H,5H2,1-2H3. The van der Waals surface area contributed by atoms with Gasteiger partial charge in [0, 0.05) is 19.2 Å². The number of hydrogen-bond donors (Lipinski definition) is 0. The molecule has 0 spiro atoms. The van der Waals surface area contributed by atoms with Crippen molar-refractivity contribution >= 4 is 0 Å². The molecule has 3 heteroatoms. The number of fused-ring (bicyclic) bond motifs is 1. The van der Waals surface area contributed by atoms with E-state index >= 15 is 0 Å². The molecule has 0 aromatic carbocycles. The van der Waals surface area contributed by atoms with Gasteiger partial charge in [0.25, 0.3) is 5.56 Å². The molecule has 2 rings (SSSR count). The molecule has 1 aromatic rings. The SMILES string of the molecule is CC1COc2ccn(C)c(=O)c21. The first-order valence-corrected chi connectivity index (χ1v) is 4.02. The predicted octanol–water partition coefficient (Wildman–Crippen LogP) is 0.881. The second kappa shape index (κ2) is 2.37. The maximum Gasteiger partial charge on any atom is 0.257 e. The van der Waals surface area contributed by atoms with Crippen LogP contribution in [-0.2, 0) is 7.05 Å². The average molecular weight is 165 g/mol. The third kappa shape index (κ3) is 0.858. The maximum atomic E-state index is 11.6. The lowest BCUT2D eigenvalue weighted by Crippen LogP contribution is -2.19. The van der Waals surface area contributed by atoms with Crippen molar-refractivity contribution in [1.29, 1.82) is 0 Å². The Morgan fingerprint density at radius 3 is 3.17 bits per heavy atom. The Bertz CT molecular complexity index is 367. The molecule has 2 heterocycles. The molecule has 1 atom stereocenters. The van der Waals surface area contributed by atoms with Gasteiger partial charge in [0.15, 0.2) is 0 Å². The summed E-state index contributed by atoms with van der Waals surface area (Å²) in [7, 11) is 1.76. The number of ether oxygens (including phenoxy) is 1. The molecule has 0 radical (unpaired) electrons. The highest BCUT2D eigenvalue weighted by Crippen LogP contribution is 2.29. The minimum Gasteiger partial charge on any atom is -0.492 e. The zero-order valence-electron chi connectivity index (χ0n) is 7.20. The Hall–Kier alpha value is -1.25. The van der Waals surface area contributed by atoms with Crippen molar-refractivity contribution in [1.82, 2.24) is 4.57 Å². The van der Waals surface area contributed by atoms with Crippen LogP contribution in [-0.4, -0.2) is 11.2 Å². The normalized spacial score (nSPS) is 20.3. The number of aromatic nitrogens is 1. The van der Waals surface area contributed by atoms with Crippen LogP contribution in [0.3, 0.4) is 0 Å². The largest absolute Gasteiger partial charge is 0.492 e. The van der Waals surface area contributed by atoms with E-state index in [9.17, 15) is 4.79 Å². The molecular weight excluding hydrogens is 154 g/mol. The molecule has 1 unspecified atom stereocenters. The molecule has 1 aliphatic heterocycles. The van der Waals surface area contributed by atoms with Crippen molar-refractivity contribution in [3.63, 3.8) is 0 Å². The van der Waals surface area contributed by atoms with E-state index in [-0.39, 0.29) is 11.5 Å². The number of pyridine rings is 1. The smallest absolute Gasteiger partial charge is 0.257 e. The Morgan fingerprint density at radius 2 is 2.42 bits per heavy atom. The van der Waals surface area contributed by atoms with Gasteiger partial charge in [-0.2, -0.15) is 0 Å². The maximum absolute atomic E-state index is 11.6. The van der Waals surface area contributed by atoms with Gasteiger partial charge in [0.05, 0.1) is 12.2 Å². The van der Waals surface area contributed by atoms with E-state index in [1.165, 1.54) is 0 Å². The predicted molar refractivity (Wildman–Crippen MR) is 45.6 cm³/mol. The lowest BCUT2D eigenvalue weighted by atomic mass is 10.1. The van der Waals surface area contributed by atoms with Crippen LogP contribution in [0.25, 0.3) is 0 Å². The summed E-state index contributed by atoms with van der Waals surface area (Å²) in [5.41, 5.74) is 0.887. The first kappa shape index (κ1) is 7.40. The lowest BCUT2D eigenvalue weighted by molar-refractivity contribution is 0.337. The zero-order valence-corrected chi connectivity index (χ0v) is 7.20. The van der Waals surface area contributed by atoms with Crippen molar-refractivity contribution in [2.45, 2.75) is 12.8 Å². The van der Waals surface area contributed by atoms with Crippen LogP contribution in [0, 0.1) is 0 Å². The summed E-state index contributed by atoms with van der Waals surface area (Å²) in [4.78, 5) is 11.6. The van der Waals surface area contributed by atoms with Gasteiger partial charge in [0.2, 0.25) is 0 Å². The van der Waals surface area contributed by atoms with Crippen molar-refractivity contribution in [2.24, 2.45) is 7.05 Å². The topological polar surface area (TPSA) is 31.2 Å². The van der Waals surface area contributed by atoms with Crippen LogP contribution in [0.2, 0.25) is 0 Å². The fraction of sp³-hybridized carbons (Fsp3) is 0.444. The fourth-order valence-corrected chi connectivity index (χ4v) is 1.51. The fourth-order valence-electron chi connectivity index (χ4n) is 1.51. The third-order valence-corrected chi connectivity index (χ3v) is 2.25. The molecule has 64 valence electrons. The average Bonchev–Trinajstić information content (AvgIpc) is 2.41. The summed E-state index contributed by atoms with van der Waals surface area (Å²) in [5, 5.41) is 0. The monoisotopic (exact) mass is 165 g/mol. The van der Waals surface area contributed by atoms with Gasteiger partial charge in [-0.3, -0.25) is 4.79 Å².